The van der Waals surface area contributed by atoms with Crippen molar-refractivity contribution in [1.29, 1.82) is 5.26 Å². The number of aromatic nitrogens is 1. The number of carbonyl (C=O) groups excluding carboxylic acids is 1. The van der Waals surface area contributed by atoms with Gasteiger partial charge in [0, 0.05) is 23.6 Å². The smallest absolute Gasteiger partial charge is 0.337 e. The zero-order valence-electron chi connectivity index (χ0n) is 16.4. The molecule has 4 aromatic rings. The molecule has 3 aromatic carbocycles. The van der Waals surface area contributed by atoms with Gasteiger partial charge in [0.15, 0.2) is 0 Å². The average Bonchev–Trinajstić information content (AvgIpc) is 3.12. The van der Waals surface area contributed by atoms with E-state index < -0.39 is 0 Å². The van der Waals surface area contributed by atoms with Gasteiger partial charge in [0.25, 0.3) is 0 Å². The lowest BCUT2D eigenvalue weighted by Crippen LogP contribution is -2.01. The maximum atomic E-state index is 12.0. The Kier molecular flexibility index (Phi) is 5.31. The molecule has 29 heavy (non-hydrogen) atoms. The van der Waals surface area contributed by atoms with Crippen LogP contribution < -0.4 is 0 Å². The van der Waals surface area contributed by atoms with E-state index in [1.807, 2.05) is 12.1 Å². The number of rotatable bonds is 6. The summed E-state index contributed by atoms with van der Waals surface area (Å²) in [4.78, 5) is 12.0. The van der Waals surface area contributed by atoms with E-state index in [0.29, 0.717) is 18.5 Å². The van der Waals surface area contributed by atoms with Crippen molar-refractivity contribution in [3.63, 3.8) is 0 Å². The second-order valence-corrected chi connectivity index (χ2v) is 7.12. The average molecular weight is 382 g/mol. The number of hydrogen-bond acceptors (Lipinski definition) is 3. The first-order valence-corrected chi connectivity index (χ1v) is 9.75. The number of aryl methyl sites for hydroxylation is 3. The van der Waals surface area contributed by atoms with E-state index >= 15 is 0 Å². The molecule has 0 spiro atoms. The lowest BCUT2D eigenvalue weighted by Gasteiger charge is -2.06. The maximum absolute atomic E-state index is 12.0. The van der Waals surface area contributed by atoms with Crippen molar-refractivity contribution in [2.45, 2.75) is 25.8 Å². The van der Waals surface area contributed by atoms with Crippen LogP contribution in [-0.4, -0.2) is 17.6 Å². The van der Waals surface area contributed by atoms with Gasteiger partial charge in [0.05, 0.1) is 25.2 Å². The standard InChI is InChI=1S/C25H22N2O2/c1-29-25(28)20-12-13-24-23(16-20)21(17-27(24)15-5-14-26)11-10-19-8-4-7-18-6-2-3-9-22(18)19/h2-4,6-9,12-13,16-17H,5,10-11,15H2,1H3. The third-order valence-electron chi connectivity index (χ3n) is 5.39. The molecular weight excluding hydrogens is 360 g/mol. The van der Waals surface area contributed by atoms with Crippen molar-refractivity contribution < 1.29 is 9.53 Å². The number of benzene rings is 3. The van der Waals surface area contributed by atoms with Crippen molar-refractivity contribution in [3.8, 4) is 6.07 Å². The monoisotopic (exact) mass is 382 g/mol. The van der Waals surface area contributed by atoms with Gasteiger partial charge < -0.3 is 9.30 Å². The summed E-state index contributed by atoms with van der Waals surface area (Å²) in [5, 5.41) is 12.6. The normalized spacial score (nSPS) is 10.9. The summed E-state index contributed by atoms with van der Waals surface area (Å²) in [6.07, 6.45) is 4.33. The molecular formula is C25H22N2O2. The summed E-state index contributed by atoms with van der Waals surface area (Å²) in [5.74, 6) is -0.336. The second kappa shape index (κ2) is 8.20. The van der Waals surface area contributed by atoms with E-state index in [2.05, 4.69) is 59.3 Å². The van der Waals surface area contributed by atoms with Crippen LogP contribution in [-0.2, 0) is 24.1 Å². The molecule has 1 heterocycles. The second-order valence-electron chi connectivity index (χ2n) is 7.12. The minimum Gasteiger partial charge on any atom is -0.465 e. The molecule has 0 fully saturated rings. The van der Waals surface area contributed by atoms with E-state index in [1.165, 1.54) is 29.0 Å². The SMILES string of the molecule is COC(=O)c1ccc2c(c1)c(CCc1cccc3ccccc13)cn2CCC#N. The molecule has 0 aliphatic heterocycles. The van der Waals surface area contributed by atoms with Gasteiger partial charge in [-0.3, -0.25) is 0 Å². The van der Waals surface area contributed by atoms with Gasteiger partial charge in [-0.05, 0) is 52.9 Å². The summed E-state index contributed by atoms with van der Waals surface area (Å²) >= 11 is 0. The van der Waals surface area contributed by atoms with Crippen molar-refractivity contribution in [2.24, 2.45) is 0 Å². The largest absolute Gasteiger partial charge is 0.465 e. The fourth-order valence-corrected chi connectivity index (χ4v) is 3.95. The molecule has 0 saturated carbocycles. The number of fused-ring (bicyclic) bond motifs is 2. The van der Waals surface area contributed by atoms with Crippen molar-refractivity contribution in [3.05, 3.63) is 83.6 Å². The predicted molar refractivity (Wildman–Crippen MR) is 115 cm³/mol. The highest BCUT2D eigenvalue weighted by molar-refractivity contribution is 5.96. The number of ether oxygens (including phenoxy) is 1. The van der Waals surface area contributed by atoms with Crippen LogP contribution in [0.15, 0.2) is 66.9 Å². The molecule has 4 rings (SSSR count). The van der Waals surface area contributed by atoms with Gasteiger partial charge in [-0.1, -0.05) is 42.5 Å². The van der Waals surface area contributed by atoms with Crippen LogP contribution in [0.25, 0.3) is 21.7 Å². The first-order chi connectivity index (χ1) is 14.2. The quantitative estimate of drug-likeness (QED) is 0.426. The topological polar surface area (TPSA) is 55.0 Å². The van der Waals surface area contributed by atoms with Gasteiger partial charge in [-0.25, -0.2) is 4.79 Å². The Balaban J connectivity index is 1.71. The van der Waals surface area contributed by atoms with E-state index in [4.69, 9.17) is 10.00 Å². The van der Waals surface area contributed by atoms with Crippen molar-refractivity contribution >= 4 is 27.6 Å². The third kappa shape index (κ3) is 3.72. The van der Waals surface area contributed by atoms with Gasteiger partial charge in [0.2, 0.25) is 0 Å². The van der Waals surface area contributed by atoms with Crippen LogP contribution >= 0.6 is 0 Å². The number of methoxy groups -OCH3 is 1. The van der Waals surface area contributed by atoms with E-state index in [1.54, 1.807) is 6.07 Å². The highest BCUT2D eigenvalue weighted by Crippen LogP contribution is 2.26. The van der Waals surface area contributed by atoms with Crippen LogP contribution in [0.5, 0.6) is 0 Å². The molecule has 4 nitrogen and oxygen atoms in total. The molecule has 4 heteroatoms. The minimum absolute atomic E-state index is 0.336. The molecule has 1 aromatic heterocycles. The molecule has 0 saturated heterocycles. The van der Waals surface area contributed by atoms with Crippen LogP contribution in [0.2, 0.25) is 0 Å². The lowest BCUT2D eigenvalue weighted by molar-refractivity contribution is 0.0601. The van der Waals surface area contributed by atoms with Crippen LogP contribution in [0.1, 0.15) is 27.9 Å². The Bertz CT molecular complexity index is 1230. The van der Waals surface area contributed by atoms with Gasteiger partial charge in [0.1, 0.15) is 0 Å². The molecule has 0 bridgehead atoms. The molecule has 0 radical (unpaired) electrons. The minimum atomic E-state index is -0.336. The zero-order valence-corrected chi connectivity index (χ0v) is 16.4. The summed E-state index contributed by atoms with van der Waals surface area (Å²) in [5.41, 5.74) is 4.08. The van der Waals surface area contributed by atoms with Gasteiger partial charge in [-0.2, -0.15) is 5.26 Å². The van der Waals surface area contributed by atoms with Gasteiger partial charge >= 0.3 is 5.97 Å². The molecule has 0 aliphatic carbocycles. The number of nitrogens with zero attached hydrogens (tertiary/aromatic N) is 2. The van der Waals surface area contributed by atoms with E-state index in [9.17, 15) is 4.79 Å². The maximum Gasteiger partial charge on any atom is 0.337 e. The van der Waals surface area contributed by atoms with Crippen molar-refractivity contribution in [2.75, 3.05) is 7.11 Å². The summed E-state index contributed by atoms with van der Waals surface area (Å²) in [6.45, 7) is 0.638. The van der Waals surface area contributed by atoms with Crippen LogP contribution in [0, 0.1) is 11.3 Å². The predicted octanol–water partition coefficient (Wildman–Crippen LogP) is 5.28. The zero-order chi connectivity index (χ0) is 20.2. The van der Waals surface area contributed by atoms with Crippen LogP contribution in [0.4, 0.5) is 0 Å². The number of esters is 1. The molecule has 0 unspecified atom stereocenters. The van der Waals surface area contributed by atoms with Crippen LogP contribution in [0.3, 0.4) is 0 Å². The Morgan fingerprint density at radius 2 is 1.79 bits per heavy atom. The Morgan fingerprint density at radius 1 is 1.00 bits per heavy atom. The Morgan fingerprint density at radius 3 is 2.62 bits per heavy atom. The van der Waals surface area contributed by atoms with E-state index in [-0.39, 0.29) is 5.97 Å². The Hall–Kier alpha value is -3.58. The number of nitriles is 1. The summed E-state index contributed by atoms with van der Waals surface area (Å²) in [7, 11) is 1.39. The molecule has 0 aliphatic rings. The lowest BCUT2D eigenvalue weighted by atomic mass is 9.98. The molecule has 0 amide bonds. The Labute approximate surface area is 169 Å². The summed E-state index contributed by atoms with van der Waals surface area (Å²) in [6, 6.07) is 22.7. The highest BCUT2D eigenvalue weighted by atomic mass is 16.5. The third-order valence-corrected chi connectivity index (χ3v) is 5.39. The number of carbonyl (C=O) groups is 1. The van der Waals surface area contributed by atoms with Gasteiger partial charge in [-0.15, -0.1) is 0 Å². The van der Waals surface area contributed by atoms with Crippen molar-refractivity contribution in [1.82, 2.24) is 4.57 Å². The fraction of sp³-hybridized carbons (Fsp3) is 0.200. The summed E-state index contributed by atoms with van der Waals surface area (Å²) < 4.78 is 6.99. The molecule has 0 atom stereocenters. The fourth-order valence-electron chi connectivity index (χ4n) is 3.95. The highest BCUT2D eigenvalue weighted by Gasteiger charge is 2.13. The molecule has 0 N–H and O–H groups in total. The first-order valence-electron chi connectivity index (χ1n) is 9.75. The number of hydrogen-bond donors (Lipinski definition) is 0. The van der Waals surface area contributed by atoms with E-state index in [0.717, 1.165) is 23.7 Å². The molecule has 144 valence electrons. The first kappa shape index (κ1) is 18.8.